The van der Waals surface area contributed by atoms with Crippen molar-refractivity contribution in [3.8, 4) is 0 Å². The van der Waals surface area contributed by atoms with Gasteiger partial charge in [0.15, 0.2) is 0 Å². The minimum absolute atomic E-state index is 0.0388. The predicted octanol–water partition coefficient (Wildman–Crippen LogP) is 3.28. The number of nitrogens with one attached hydrogen (secondary N) is 1. The molecule has 0 radical (unpaired) electrons. The van der Waals surface area contributed by atoms with E-state index in [0.717, 1.165) is 0 Å². The largest absolute Gasteiger partial charge is 0.478 e. The number of rotatable bonds is 3. The van der Waals surface area contributed by atoms with Crippen molar-refractivity contribution in [3.63, 3.8) is 0 Å². The normalized spacial score (nSPS) is 10.3. The van der Waals surface area contributed by atoms with Crippen LogP contribution in [0.4, 0.5) is 5.69 Å². The van der Waals surface area contributed by atoms with Crippen molar-refractivity contribution in [2.45, 2.75) is 0 Å². The van der Waals surface area contributed by atoms with Gasteiger partial charge in [0.05, 0.1) is 16.3 Å². The molecule has 104 valence electrons. The van der Waals surface area contributed by atoms with E-state index in [-0.39, 0.29) is 11.3 Å². The minimum atomic E-state index is -1.15. The van der Waals surface area contributed by atoms with Gasteiger partial charge in [0.2, 0.25) is 0 Å². The van der Waals surface area contributed by atoms with E-state index >= 15 is 0 Å². The molecule has 0 unspecified atom stereocenters. The Morgan fingerprint density at radius 3 is 2.45 bits per heavy atom. The van der Waals surface area contributed by atoms with E-state index in [1.165, 1.54) is 24.3 Å². The highest BCUT2D eigenvalue weighted by Gasteiger charge is 2.16. The summed E-state index contributed by atoms with van der Waals surface area (Å²) in [5.41, 5.74) is 0.404. The molecule has 1 amide bonds. The van der Waals surface area contributed by atoms with Gasteiger partial charge in [-0.2, -0.15) is 0 Å². The molecular weight excluding hydrogens is 303 g/mol. The van der Waals surface area contributed by atoms with Crippen LogP contribution >= 0.6 is 23.2 Å². The Hall–Kier alpha value is -1.98. The summed E-state index contributed by atoms with van der Waals surface area (Å²) in [6.07, 6.45) is 1.58. The number of halogens is 2. The zero-order valence-corrected chi connectivity index (χ0v) is 11.9. The molecule has 0 aliphatic heterocycles. The van der Waals surface area contributed by atoms with Crippen LogP contribution in [0.25, 0.3) is 0 Å². The van der Waals surface area contributed by atoms with Crippen molar-refractivity contribution in [1.29, 1.82) is 0 Å². The van der Waals surface area contributed by atoms with Crippen molar-refractivity contribution in [1.82, 2.24) is 4.57 Å². The summed E-state index contributed by atoms with van der Waals surface area (Å²) in [4.78, 5) is 23.2. The Kier molecular flexibility index (Phi) is 4.01. The Morgan fingerprint density at radius 1 is 1.20 bits per heavy atom. The second kappa shape index (κ2) is 5.56. The number of aryl methyl sites for hydroxylation is 1. The molecule has 1 aromatic heterocycles. The maximum Gasteiger partial charge on any atom is 0.337 e. The van der Waals surface area contributed by atoms with Crippen LogP contribution in [0.2, 0.25) is 10.0 Å². The van der Waals surface area contributed by atoms with E-state index < -0.39 is 11.9 Å². The lowest BCUT2D eigenvalue weighted by Gasteiger charge is -2.09. The molecule has 1 aromatic carbocycles. The summed E-state index contributed by atoms with van der Waals surface area (Å²) in [6, 6.07) is 5.65. The molecule has 0 saturated carbocycles. The monoisotopic (exact) mass is 312 g/mol. The number of aromatic carboxylic acids is 1. The molecule has 0 atom stereocenters. The van der Waals surface area contributed by atoms with Crippen LogP contribution in [0.1, 0.15) is 20.8 Å². The summed E-state index contributed by atoms with van der Waals surface area (Å²) in [5, 5.41) is 12.3. The number of carbonyl (C=O) groups is 2. The average molecular weight is 313 g/mol. The van der Waals surface area contributed by atoms with Crippen molar-refractivity contribution in [2.75, 3.05) is 5.32 Å². The highest BCUT2D eigenvalue weighted by atomic mass is 35.5. The van der Waals surface area contributed by atoms with Crippen LogP contribution in [0.15, 0.2) is 30.5 Å². The first-order valence-corrected chi connectivity index (χ1v) is 6.30. The Balaban J connectivity index is 2.34. The van der Waals surface area contributed by atoms with Gasteiger partial charge in [-0.3, -0.25) is 4.79 Å². The van der Waals surface area contributed by atoms with Crippen molar-refractivity contribution in [2.24, 2.45) is 7.05 Å². The number of hydrogen-bond donors (Lipinski definition) is 2. The summed E-state index contributed by atoms with van der Waals surface area (Å²) in [5.74, 6) is -1.62. The molecule has 2 N–H and O–H groups in total. The Labute approximate surface area is 124 Å². The number of nitrogens with zero attached hydrogens (tertiary/aromatic N) is 1. The molecular formula is C13H10Cl2N2O3. The summed E-state index contributed by atoms with van der Waals surface area (Å²) < 4.78 is 1.54. The molecule has 0 bridgehead atoms. The first-order valence-electron chi connectivity index (χ1n) is 5.54. The number of anilines is 1. The fourth-order valence-electron chi connectivity index (χ4n) is 1.74. The number of amides is 1. The fourth-order valence-corrected chi connectivity index (χ4v) is 2.16. The molecule has 1 heterocycles. The molecule has 5 nitrogen and oxygen atoms in total. The third-order valence-electron chi connectivity index (χ3n) is 2.66. The number of hydrogen-bond acceptors (Lipinski definition) is 2. The number of carboxylic acid groups (broad SMARTS) is 1. The second-order valence-electron chi connectivity index (χ2n) is 4.10. The van der Waals surface area contributed by atoms with E-state index in [1.807, 2.05) is 0 Å². The van der Waals surface area contributed by atoms with E-state index in [2.05, 4.69) is 5.32 Å². The standard InChI is InChI=1S/C13H10Cl2N2O3/c1-17-6-8(15)5-11(17)12(18)16-10-4-7(14)2-3-9(10)13(19)20/h2-6H,1H3,(H,16,18)(H,19,20). The molecule has 2 aromatic rings. The van der Waals surface area contributed by atoms with E-state index in [9.17, 15) is 9.59 Å². The smallest absolute Gasteiger partial charge is 0.337 e. The van der Waals surface area contributed by atoms with Crippen molar-refractivity contribution < 1.29 is 14.7 Å². The number of benzene rings is 1. The molecule has 2 rings (SSSR count). The molecule has 20 heavy (non-hydrogen) atoms. The number of carbonyl (C=O) groups excluding carboxylic acids is 1. The van der Waals surface area contributed by atoms with Crippen molar-refractivity contribution >= 4 is 40.8 Å². The van der Waals surface area contributed by atoms with E-state index in [0.29, 0.717) is 15.7 Å². The van der Waals surface area contributed by atoms with Crippen molar-refractivity contribution in [3.05, 3.63) is 51.8 Å². The molecule has 0 aliphatic rings. The van der Waals surface area contributed by atoms with Crippen LogP contribution in [0, 0.1) is 0 Å². The first-order chi connectivity index (χ1) is 9.38. The Morgan fingerprint density at radius 2 is 1.90 bits per heavy atom. The van der Waals surface area contributed by atoms with Gasteiger partial charge in [-0.1, -0.05) is 23.2 Å². The van der Waals surface area contributed by atoms with Gasteiger partial charge in [-0.25, -0.2) is 4.79 Å². The quantitative estimate of drug-likeness (QED) is 0.913. The van der Waals surface area contributed by atoms with Crippen LogP contribution in [0.3, 0.4) is 0 Å². The highest BCUT2D eigenvalue weighted by Crippen LogP contribution is 2.22. The summed E-state index contributed by atoms with van der Waals surface area (Å²) in [6.45, 7) is 0. The fraction of sp³-hybridized carbons (Fsp3) is 0.0769. The van der Waals surface area contributed by atoms with E-state index in [4.69, 9.17) is 28.3 Å². The summed E-state index contributed by atoms with van der Waals surface area (Å²) >= 11 is 11.6. The maximum atomic E-state index is 12.1. The van der Waals surface area contributed by atoms with Gasteiger partial charge in [0, 0.05) is 18.3 Å². The zero-order valence-electron chi connectivity index (χ0n) is 10.4. The minimum Gasteiger partial charge on any atom is -0.478 e. The third-order valence-corrected chi connectivity index (χ3v) is 3.11. The third kappa shape index (κ3) is 2.95. The lowest BCUT2D eigenvalue weighted by Crippen LogP contribution is -2.17. The van der Waals surface area contributed by atoms with Gasteiger partial charge >= 0.3 is 5.97 Å². The maximum absolute atomic E-state index is 12.1. The topological polar surface area (TPSA) is 71.3 Å². The molecule has 0 spiro atoms. The van der Waals surface area contributed by atoms with E-state index in [1.54, 1.807) is 17.8 Å². The van der Waals surface area contributed by atoms with Crippen LogP contribution in [0.5, 0.6) is 0 Å². The second-order valence-corrected chi connectivity index (χ2v) is 4.98. The first kappa shape index (κ1) is 14.4. The predicted molar refractivity (Wildman–Crippen MR) is 76.8 cm³/mol. The van der Waals surface area contributed by atoms with Crippen LogP contribution < -0.4 is 5.32 Å². The molecule has 0 aliphatic carbocycles. The SMILES string of the molecule is Cn1cc(Cl)cc1C(=O)Nc1cc(Cl)ccc1C(=O)O. The van der Waals surface area contributed by atoms with Gasteiger partial charge in [-0.05, 0) is 24.3 Å². The highest BCUT2D eigenvalue weighted by molar-refractivity contribution is 6.31. The number of carboxylic acids is 1. The molecule has 7 heteroatoms. The van der Waals surface area contributed by atoms with Gasteiger partial charge < -0.3 is 15.0 Å². The zero-order chi connectivity index (χ0) is 14.9. The lowest BCUT2D eigenvalue weighted by molar-refractivity contribution is 0.0698. The Bertz CT molecular complexity index is 695. The van der Waals surface area contributed by atoms with Crippen LogP contribution in [-0.4, -0.2) is 21.6 Å². The summed E-state index contributed by atoms with van der Waals surface area (Å²) in [7, 11) is 1.66. The average Bonchev–Trinajstić information content (AvgIpc) is 2.68. The lowest BCUT2D eigenvalue weighted by atomic mass is 10.1. The van der Waals surface area contributed by atoms with Gasteiger partial charge in [-0.15, -0.1) is 0 Å². The molecule has 0 saturated heterocycles. The van der Waals surface area contributed by atoms with Gasteiger partial charge in [0.1, 0.15) is 5.69 Å². The van der Waals surface area contributed by atoms with Gasteiger partial charge in [0.25, 0.3) is 5.91 Å². The molecule has 0 fully saturated rings. The van der Waals surface area contributed by atoms with Crippen LogP contribution in [-0.2, 0) is 7.05 Å². The number of aromatic nitrogens is 1.